The van der Waals surface area contributed by atoms with Gasteiger partial charge in [-0.05, 0) is 44.2 Å². The Kier molecular flexibility index (Phi) is 4.58. The number of allylic oxidation sites excluding steroid dienone is 1. The van der Waals surface area contributed by atoms with Crippen molar-refractivity contribution in [3.8, 4) is 11.3 Å². The van der Waals surface area contributed by atoms with Gasteiger partial charge in [0.25, 0.3) is 0 Å². The van der Waals surface area contributed by atoms with Gasteiger partial charge in [0, 0.05) is 29.3 Å². The van der Waals surface area contributed by atoms with E-state index in [0.29, 0.717) is 0 Å². The average molecular weight is 371 g/mol. The van der Waals surface area contributed by atoms with Crippen molar-refractivity contribution >= 4 is 17.5 Å². The van der Waals surface area contributed by atoms with Gasteiger partial charge in [-0.25, -0.2) is 9.38 Å². The van der Waals surface area contributed by atoms with Gasteiger partial charge in [0.15, 0.2) is 6.29 Å². The first-order chi connectivity index (χ1) is 12.5. The van der Waals surface area contributed by atoms with Crippen molar-refractivity contribution < 1.29 is 4.39 Å². The van der Waals surface area contributed by atoms with E-state index in [2.05, 4.69) is 18.5 Å². The Labute approximate surface area is 156 Å². The number of thioether (sulfide) groups is 1. The normalized spacial score (nSPS) is 19.7. The molecule has 0 aliphatic carbocycles. The molecule has 1 unspecified atom stereocenters. The fraction of sp³-hybridized carbons (Fsp3) is 0.368. The minimum atomic E-state index is -0.414. The highest BCUT2D eigenvalue weighted by Crippen LogP contribution is 2.32. The average Bonchev–Trinajstić information content (AvgIpc) is 3.01. The molecule has 1 aromatic carbocycles. The number of fused-ring (bicyclic) bond motifs is 1. The minimum Gasteiger partial charge on any atom is -0.342 e. The summed E-state index contributed by atoms with van der Waals surface area (Å²) in [7, 11) is 0. The number of nitrogens with two attached hydrogens (primary N) is 1. The number of rotatable bonds is 3. The van der Waals surface area contributed by atoms with Crippen LogP contribution in [0, 0.1) is 5.82 Å². The lowest BCUT2D eigenvalue weighted by Gasteiger charge is -2.31. The zero-order valence-corrected chi connectivity index (χ0v) is 15.7. The summed E-state index contributed by atoms with van der Waals surface area (Å²) in [6.07, 6.45) is 3.60. The van der Waals surface area contributed by atoms with Crippen LogP contribution in [0.25, 0.3) is 11.3 Å². The van der Waals surface area contributed by atoms with E-state index in [1.165, 1.54) is 12.1 Å². The van der Waals surface area contributed by atoms with Crippen LogP contribution in [0.4, 0.5) is 4.39 Å². The van der Waals surface area contributed by atoms with Crippen molar-refractivity contribution in [3.05, 3.63) is 53.6 Å². The second-order valence-electron chi connectivity index (χ2n) is 6.74. The van der Waals surface area contributed by atoms with Crippen LogP contribution in [-0.4, -0.2) is 38.5 Å². The summed E-state index contributed by atoms with van der Waals surface area (Å²) in [5, 5.41) is 4.82. The second kappa shape index (κ2) is 6.89. The van der Waals surface area contributed by atoms with Crippen LogP contribution in [0.2, 0.25) is 0 Å². The maximum Gasteiger partial charge on any atom is 0.174 e. The molecule has 136 valence electrons. The van der Waals surface area contributed by atoms with Gasteiger partial charge in [0.1, 0.15) is 11.5 Å². The number of hydrogen-bond acceptors (Lipinski definition) is 5. The van der Waals surface area contributed by atoms with E-state index in [1.807, 2.05) is 28.9 Å². The number of aryl methyl sites for hydroxylation is 1. The molecule has 7 heteroatoms. The molecule has 1 aromatic heterocycles. The minimum absolute atomic E-state index is 0.251. The molecule has 5 nitrogen and oxygen atoms in total. The van der Waals surface area contributed by atoms with E-state index in [0.717, 1.165) is 46.3 Å². The third kappa shape index (κ3) is 3.05. The lowest BCUT2D eigenvalue weighted by molar-refractivity contribution is 0.235. The summed E-state index contributed by atoms with van der Waals surface area (Å²) in [5.41, 5.74) is 11.0. The van der Waals surface area contributed by atoms with Crippen molar-refractivity contribution in [2.24, 2.45) is 10.7 Å². The van der Waals surface area contributed by atoms with Crippen molar-refractivity contribution in [2.75, 3.05) is 5.75 Å². The molecular weight excluding hydrogens is 349 g/mol. The molecule has 1 atom stereocenters. The largest absolute Gasteiger partial charge is 0.342 e. The Hall–Kier alpha value is -2.12. The van der Waals surface area contributed by atoms with Gasteiger partial charge in [-0.2, -0.15) is 16.9 Å². The van der Waals surface area contributed by atoms with Crippen molar-refractivity contribution in [1.29, 1.82) is 0 Å². The van der Waals surface area contributed by atoms with Gasteiger partial charge in [0.2, 0.25) is 0 Å². The van der Waals surface area contributed by atoms with Gasteiger partial charge in [-0.1, -0.05) is 0 Å². The van der Waals surface area contributed by atoms with Gasteiger partial charge >= 0.3 is 0 Å². The highest BCUT2D eigenvalue weighted by Gasteiger charge is 2.27. The highest BCUT2D eigenvalue weighted by atomic mass is 32.2. The summed E-state index contributed by atoms with van der Waals surface area (Å²) in [4.78, 5) is 6.76. The summed E-state index contributed by atoms with van der Waals surface area (Å²) >= 11 is 1.89. The molecule has 0 bridgehead atoms. The number of benzene rings is 1. The van der Waals surface area contributed by atoms with Gasteiger partial charge in [-0.3, -0.25) is 10.4 Å². The predicted octanol–water partition coefficient (Wildman–Crippen LogP) is 3.21. The van der Waals surface area contributed by atoms with Crippen LogP contribution in [-0.2, 0) is 12.3 Å². The Morgan fingerprint density at radius 3 is 2.73 bits per heavy atom. The van der Waals surface area contributed by atoms with Crippen LogP contribution < -0.4 is 5.73 Å². The van der Waals surface area contributed by atoms with E-state index < -0.39 is 6.29 Å². The van der Waals surface area contributed by atoms with Crippen LogP contribution in [0.15, 0.2) is 41.5 Å². The Balaban J connectivity index is 1.83. The monoisotopic (exact) mass is 371 g/mol. The summed E-state index contributed by atoms with van der Waals surface area (Å²) in [6, 6.07) is 6.76. The fourth-order valence-corrected chi connectivity index (χ4v) is 4.28. The Morgan fingerprint density at radius 2 is 2.04 bits per heavy atom. The molecule has 0 amide bonds. The van der Waals surface area contributed by atoms with Gasteiger partial charge in [-0.15, -0.1) is 0 Å². The Bertz CT molecular complexity index is 869. The molecule has 0 saturated heterocycles. The molecule has 0 radical (unpaired) electrons. The highest BCUT2D eigenvalue weighted by molar-refractivity contribution is 7.98. The molecule has 3 heterocycles. The van der Waals surface area contributed by atoms with E-state index in [-0.39, 0.29) is 11.9 Å². The lowest BCUT2D eigenvalue weighted by atomic mass is 10.0. The maximum atomic E-state index is 13.4. The quantitative estimate of drug-likeness (QED) is 0.900. The van der Waals surface area contributed by atoms with Crippen molar-refractivity contribution in [1.82, 2.24) is 14.7 Å². The molecule has 4 rings (SSSR count). The molecule has 2 aliphatic rings. The molecule has 0 fully saturated rings. The number of aliphatic imine (C=N–C) groups is 1. The van der Waals surface area contributed by atoms with Crippen LogP contribution in [0.5, 0.6) is 0 Å². The number of nitrogens with zero attached hydrogens (tertiary/aromatic N) is 4. The zero-order chi connectivity index (χ0) is 18.3. The third-order valence-corrected chi connectivity index (χ3v) is 5.64. The smallest absolute Gasteiger partial charge is 0.174 e. The van der Waals surface area contributed by atoms with E-state index in [9.17, 15) is 4.39 Å². The summed E-state index contributed by atoms with van der Waals surface area (Å²) in [6.45, 7) is 5.05. The van der Waals surface area contributed by atoms with Crippen molar-refractivity contribution in [2.45, 2.75) is 38.5 Å². The molecular formula is C19H22FN5S. The second-order valence-corrected chi connectivity index (χ2v) is 7.84. The van der Waals surface area contributed by atoms with Crippen LogP contribution >= 0.6 is 11.8 Å². The molecule has 0 spiro atoms. The zero-order valence-electron chi connectivity index (χ0n) is 14.9. The first kappa shape index (κ1) is 17.3. The number of halogens is 1. The third-order valence-electron chi connectivity index (χ3n) is 4.70. The number of hydrogen-bond donors (Lipinski definition) is 1. The SMILES string of the molecule is CC(C)N1C=CC(c2c(-c3ccc(F)cc3)nn3c2CSCC3)=NC1N. The first-order valence-electron chi connectivity index (χ1n) is 8.77. The van der Waals surface area contributed by atoms with E-state index >= 15 is 0 Å². The fourth-order valence-electron chi connectivity index (χ4n) is 3.35. The van der Waals surface area contributed by atoms with E-state index in [4.69, 9.17) is 15.8 Å². The van der Waals surface area contributed by atoms with E-state index in [1.54, 1.807) is 12.1 Å². The molecule has 2 N–H and O–H groups in total. The van der Waals surface area contributed by atoms with Crippen LogP contribution in [0.1, 0.15) is 25.1 Å². The standard InChI is InChI=1S/C19H22FN5S/c1-12(2)24-8-7-15(22-19(24)21)17-16-11-26-10-9-25(16)23-18(17)13-3-5-14(20)6-4-13/h3-8,12,19H,9-11,21H2,1-2H3. The molecule has 0 saturated carbocycles. The van der Waals surface area contributed by atoms with Crippen molar-refractivity contribution in [3.63, 3.8) is 0 Å². The van der Waals surface area contributed by atoms with Gasteiger partial charge < -0.3 is 4.90 Å². The lowest BCUT2D eigenvalue weighted by Crippen LogP contribution is -2.43. The maximum absolute atomic E-state index is 13.4. The summed E-state index contributed by atoms with van der Waals surface area (Å²) < 4.78 is 15.4. The number of aromatic nitrogens is 2. The predicted molar refractivity (Wildman–Crippen MR) is 104 cm³/mol. The molecule has 2 aromatic rings. The van der Waals surface area contributed by atoms with Crippen LogP contribution in [0.3, 0.4) is 0 Å². The summed E-state index contributed by atoms with van der Waals surface area (Å²) in [5.74, 6) is 1.68. The Morgan fingerprint density at radius 1 is 1.27 bits per heavy atom. The molecule has 26 heavy (non-hydrogen) atoms. The first-order valence-corrected chi connectivity index (χ1v) is 9.93. The topological polar surface area (TPSA) is 59.4 Å². The molecule has 2 aliphatic heterocycles. The van der Waals surface area contributed by atoms with Gasteiger partial charge in [0.05, 0.1) is 23.5 Å².